The molecule has 3 rings (SSSR count). The lowest BCUT2D eigenvalue weighted by Crippen LogP contribution is -2.47. The lowest BCUT2D eigenvalue weighted by Gasteiger charge is -2.34. The first-order valence-corrected chi connectivity index (χ1v) is 9.22. The van der Waals surface area contributed by atoms with Crippen LogP contribution in [0.2, 0.25) is 0 Å². The summed E-state index contributed by atoms with van der Waals surface area (Å²) in [7, 11) is 0. The van der Waals surface area contributed by atoms with Crippen LogP contribution in [0.25, 0.3) is 0 Å². The summed E-state index contributed by atoms with van der Waals surface area (Å²) in [6.45, 7) is 8.85. The second-order valence-electron chi connectivity index (χ2n) is 6.21. The Hall–Kier alpha value is -1.34. The maximum absolute atomic E-state index is 12.9. The highest BCUT2D eigenvalue weighted by molar-refractivity contribution is 5.18. The van der Waals surface area contributed by atoms with Crippen molar-refractivity contribution in [2.75, 3.05) is 26.4 Å². The molecule has 2 saturated heterocycles. The number of nitrogens with zero attached hydrogens (tertiary/aromatic N) is 3. The molecule has 2 aliphatic rings. The number of halogens is 2. The number of aromatic nitrogens is 2. The average Bonchev–Trinajstić information content (AvgIpc) is 3.19. The molecule has 1 aromatic heterocycles. The molecule has 1 aromatic rings. The van der Waals surface area contributed by atoms with Gasteiger partial charge < -0.3 is 9.47 Å². The van der Waals surface area contributed by atoms with E-state index in [1.165, 1.54) is 12.4 Å². The van der Waals surface area contributed by atoms with E-state index < -0.39 is 6.43 Å². The molecule has 0 aliphatic carbocycles. The lowest BCUT2D eigenvalue weighted by atomic mass is 9.95. The van der Waals surface area contributed by atoms with E-state index in [0.29, 0.717) is 13.2 Å². The van der Waals surface area contributed by atoms with Gasteiger partial charge in [-0.1, -0.05) is 13.8 Å². The van der Waals surface area contributed by atoms with Gasteiger partial charge in [0.05, 0.1) is 6.61 Å². The van der Waals surface area contributed by atoms with Crippen LogP contribution in [-0.4, -0.2) is 52.8 Å². The number of fused-ring (bicyclic) bond motifs is 1. The molecular weight excluding hydrogens is 328 g/mol. The molecule has 0 spiro atoms. The van der Waals surface area contributed by atoms with Crippen LogP contribution in [0.4, 0.5) is 8.78 Å². The standard InChI is InChI=1S/C16H23F2N3O2.C2H6/c1-2-22-11-16-5-3-9-21(16)12(4-6-16)10-23-15-13(14(17)18)19-7-8-20-15;1-2/h7-8,12,14H,2-6,9-11H2,1H3;1-2H3. The summed E-state index contributed by atoms with van der Waals surface area (Å²) in [6.07, 6.45) is 4.32. The van der Waals surface area contributed by atoms with Crippen LogP contribution >= 0.6 is 0 Å². The molecule has 5 nitrogen and oxygen atoms in total. The van der Waals surface area contributed by atoms with Gasteiger partial charge in [-0.3, -0.25) is 4.90 Å². The van der Waals surface area contributed by atoms with Crippen molar-refractivity contribution in [3.8, 4) is 5.88 Å². The summed E-state index contributed by atoms with van der Waals surface area (Å²) < 4.78 is 37.2. The van der Waals surface area contributed by atoms with Gasteiger partial charge in [-0.2, -0.15) is 0 Å². The topological polar surface area (TPSA) is 47.5 Å². The first kappa shape index (κ1) is 20.0. The minimum Gasteiger partial charge on any atom is -0.475 e. The maximum atomic E-state index is 12.9. The monoisotopic (exact) mass is 357 g/mol. The predicted molar refractivity (Wildman–Crippen MR) is 92.0 cm³/mol. The molecule has 2 unspecified atom stereocenters. The Kier molecular flexibility index (Phi) is 7.50. The minimum atomic E-state index is -2.67. The summed E-state index contributed by atoms with van der Waals surface area (Å²) in [5, 5.41) is 0. The van der Waals surface area contributed by atoms with Gasteiger partial charge in [0.25, 0.3) is 6.43 Å². The highest BCUT2D eigenvalue weighted by Gasteiger charge is 2.49. The van der Waals surface area contributed by atoms with Crippen LogP contribution < -0.4 is 4.74 Å². The number of hydrogen-bond donors (Lipinski definition) is 0. The van der Waals surface area contributed by atoms with Crippen molar-refractivity contribution < 1.29 is 18.3 Å². The van der Waals surface area contributed by atoms with E-state index in [4.69, 9.17) is 9.47 Å². The first-order chi connectivity index (χ1) is 12.2. The zero-order chi connectivity index (χ0) is 18.3. The molecule has 2 atom stereocenters. The van der Waals surface area contributed by atoms with Crippen molar-refractivity contribution in [1.29, 1.82) is 0 Å². The minimum absolute atomic E-state index is 0.0518. The van der Waals surface area contributed by atoms with Gasteiger partial charge in [0.15, 0.2) is 5.69 Å². The fraction of sp³-hybridized carbons (Fsp3) is 0.778. The first-order valence-electron chi connectivity index (χ1n) is 9.22. The van der Waals surface area contributed by atoms with E-state index in [-0.39, 0.29) is 23.2 Å². The summed E-state index contributed by atoms with van der Waals surface area (Å²) in [6, 6.07) is 0.227. The number of hydrogen-bond acceptors (Lipinski definition) is 5. The Morgan fingerprint density at radius 2 is 2.04 bits per heavy atom. The van der Waals surface area contributed by atoms with Crippen LogP contribution in [0.15, 0.2) is 12.4 Å². The molecule has 142 valence electrons. The Morgan fingerprint density at radius 3 is 2.76 bits per heavy atom. The maximum Gasteiger partial charge on any atom is 0.285 e. The third-order valence-corrected chi connectivity index (χ3v) is 4.92. The van der Waals surface area contributed by atoms with E-state index in [9.17, 15) is 8.78 Å². The third kappa shape index (κ3) is 4.44. The van der Waals surface area contributed by atoms with E-state index in [2.05, 4.69) is 14.9 Å². The zero-order valence-corrected chi connectivity index (χ0v) is 15.4. The molecule has 2 aliphatic heterocycles. The average molecular weight is 357 g/mol. The van der Waals surface area contributed by atoms with Gasteiger partial charge in [-0.15, -0.1) is 0 Å². The molecule has 0 saturated carbocycles. The van der Waals surface area contributed by atoms with Crippen molar-refractivity contribution in [3.05, 3.63) is 18.1 Å². The SMILES string of the molecule is CC.CCOCC12CCCN1C(COc1nccnc1C(F)F)CC2. The summed E-state index contributed by atoms with van der Waals surface area (Å²) >= 11 is 0. The fourth-order valence-corrected chi connectivity index (χ4v) is 3.85. The molecular formula is C18H29F2N3O2. The number of rotatable bonds is 7. The smallest absolute Gasteiger partial charge is 0.285 e. The van der Waals surface area contributed by atoms with Crippen LogP contribution in [0.3, 0.4) is 0 Å². The van der Waals surface area contributed by atoms with Gasteiger partial charge in [0.1, 0.15) is 6.61 Å². The van der Waals surface area contributed by atoms with Crippen LogP contribution in [0.1, 0.15) is 58.6 Å². The van der Waals surface area contributed by atoms with Crippen molar-refractivity contribution in [1.82, 2.24) is 14.9 Å². The van der Waals surface area contributed by atoms with Crippen molar-refractivity contribution >= 4 is 0 Å². The molecule has 0 amide bonds. The fourth-order valence-electron chi connectivity index (χ4n) is 3.85. The normalized spacial score (nSPS) is 25.6. The summed E-state index contributed by atoms with van der Waals surface area (Å²) in [4.78, 5) is 10.0. The van der Waals surface area contributed by atoms with E-state index in [1.54, 1.807) is 0 Å². The Bertz CT molecular complexity index is 533. The molecule has 2 fully saturated rings. The van der Waals surface area contributed by atoms with Crippen molar-refractivity contribution in [2.24, 2.45) is 0 Å². The zero-order valence-electron chi connectivity index (χ0n) is 15.4. The molecule has 25 heavy (non-hydrogen) atoms. The van der Waals surface area contributed by atoms with Gasteiger partial charge >= 0.3 is 0 Å². The highest BCUT2D eigenvalue weighted by Crippen LogP contribution is 2.42. The number of ether oxygens (including phenoxy) is 2. The lowest BCUT2D eigenvalue weighted by molar-refractivity contribution is 0.0216. The van der Waals surface area contributed by atoms with E-state index in [0.717, 1.165) is 38.8 Å². The van der Waals surface area contributed by atoms with Crippen LogP contribution in [-0.2, 0) is 4.74 Å². The number of alkyl halides is 2. The second kappa shape index (κ2) is 9.38. The van der Waals surface area contributed by atoms with E-state index >= 15 is 0 Å². The van der Waals surface area contributed by atoms with Crippen LogP contribution in [0, 0.1) is 0 Å². The Balaban J connectivity index is 0.00000109. The molecule has 0 bridgehead atoms. The molecule has 3 heterocycles. The van der Waals surface area contributed by atoms with Crippen molar-refractivity contribution in [3.63, 3.8) is 0 Å². The third-order valence-electron chi connectivity index (χ3n) is 4.92. The largest absolute Gasteiger partial charge is 0.475 e. The second-order valence-corrected chi connectivity index (χ2v) is 6.21. The Morgan fingerprint density at radius 1 is 1.28 bits per heavy atom. The van der Waals surface area contributed by atoms with Gasteiger partial charge in [0, 0.05) is 30.6 Å². The van der Waals surface area contributed by atoms with Gasteiger partial charge in [-0.05, 0) is 39.2 Å². The summed E-state index contributed by atoms with van der Waals surface area (Å²) in [5.41, 5.74) is -0.273. The predicted octanol–water partition coefficient (Wildman–Crippen LogP) is 3.85. The van der Waals surface area contributed by atoms with E-state index in [1.807, 2.05) is 20.8 Å². The summed E-state index contributed by atoms with van der Waals surface area (Å²) in [5.74, 6) is -0.0518. The van der Waals surface area contributed by atoms with Gasteiger partial charge in [-0.25, -0.2) is 18.7 Å². The van der Waals surface area contributed by atoms with Crippen LogP contribution in [0.5, 0.6) is 5.88 Å². The highest BCUT2D eigenvalue weighted by atomic mass is 19.3. The Labute approximate surface area is 148 Å². The molecule has 0 aromatic carbocycles. The molecule has 7 heteroatoms. The molecule has 0 N–H and O–H groups in total. The quantitative estimate of drug-likeness (QED) is 0.742. The molecule has 0 radical (unpaired) electrons. The van der Waals surface area contributed by atoms with Gasteiger partial charge in [0.2, 0.25) is 5.88 Å². The van der Waals surface area contributed by atoms with Crippen molar-refractivity contribution in [2.45, 2.75) is 64.5 Å².